The third-order valence-corrected chi connectivity index (χ3v) is 8.17. The van der Waals surface area contributed by atoms with E-state index in [0.717, 1.165) is 35.1 Å². The lowest BCUT2D eigenvalue weighted by atomic mass is 9.52. The van der Waals surface area contributed by atoms with Crippen molar-refractivity contribution < 1.29 is 4.79 Å². The number of amides is 1. The SMILES string of the molecule is CC1=NN(c2ccccc2)C(=O)[C@]12C(=N)C(C#N)=C1c3ccccc3CC[C@H]1[C@@H]2c1ccccc1C. The summed E-state index contributed by atoms with van der Waals surface area (Å²) < 4.78 is 0. The van der Waals surface area contributed by atoms with Crippen LogP contribution in [-0.4, -0.2) is 17.3 Å². The van der Waals surface area contributed by atoms with Gasteiger partial charge in [-0.2, -0.15) is 15.4 Å². The van der Waals surface area contributed by atoms with Crippen LogP contribution in [0.1, 0.15) is 41.5 Å². The van der Waals surface area contributed by atoms with Crippen LogP contribution in [-0.2, 0) is 11.2 Å². The highest BCUT2D eigenvalue weighted by Gasteiger charge is 2.64. The van der Waals surface area contributed by atoms with Gasteiger partial charge < -0.3 is 5.41 Å². The minimum atomic E-state index is -1.34. The number of fused-ring (bicyclic) bond motifs is 3. The van der Waals surface area contributed by atoms with Crippen molar-refractivity contribution in [2.45, 2.75) is 32.6 Å². The van der Waals surface area contributed by atoms with Crippen molar-refractivity contribution in [1.82, 2.24) is 0 Å². The van der Waals surface area contributed by atoms with Gasteiger partial charge in [-0.05, 0) is 72.6 Å². The van der Waals surface area contributed by atoms with Crippen LogP contribution >= 0.6 is 0 Å². The van der Waals surface area contributed by atoms with Gasteiger partial charge in [0.05, 0.1) is 22.7 Å². The lowest BCUT2D eigenvalue weighted by Crippen LogP contribution is -2.55. The van der Waals surface area contributed by atoms with Gasteiger partial charge in [0.25, 0.3) is 5.91 Å². The molecule has 2 aliphatic carbocycles. The lowest BCUT2D eigenvalue weighted by Gasteiger charge is -2.48. The van der Waals surface area contributed by atoms with E-state index in [1.165, 1.54) is 10.6 Å². The normalized spacial score (nSPS) is 24.9. The Labute approximate surface area is 210 Å². The highest BCUT2D eigenvalue weighted by atomic mass is 16.2. The summed E-state index contributed by atoms with van der Waals surface area (Å²) in [5.41, 5.74) is 5.51. The summed E-state index contributed by atoms with van der Waals surface area (Å²) >= 11 is 0. The second-order valence-corrected chi connectivity index (χ2v) is 9.86. The fraction of sp³-hybridized carbons (Fsp3) is 0.226. The Bertz CT molecular complexity index is 1530. The fourth-order valence-corrected chi connectivity index (χ4v) is 6.59. The number of hydrazone groups is 1. The number of carbonyl (C=O) groups is 1. The number of nitrogens with one attached hydrogen (secondary N) is 1. The van der Waals surface area contributed by atoms with Gasteiger partial charge in [0.15, 0.2) is 0 Å². The van der Waals surface area contributed by atoms with Crippen LogP contribution in [0.3, 0.4) is 0 Å². The number of nitrogens with zero attached hydrogens (tertiary/aromatic N) is 3. The average molecular weight is 471 g/mol. The zero-order chi connectivity index (χ0) is 25.0. The van der Waals surface area contributed by atoms with Crippen LogP contribution in [0.5, 0.6) is 0 Å². The maximum Gasteiger partial charge on any atom is 0.266 e. The molecule has 0 radical (unpaired) electrons. The van der Waals surface area contributed by atoms with Crippen LogP contribution in [0.2, 0.25) is 0 Å². The van der Waals surface area contributed by atoms with Gasteiger partial charge in [0.2, 0.25) is 0 Å². The number of hydrogen-bond donors (Lipinski definition) is 1. The van der Waals surface area contributed by atoms with E-state index in [-0.39, 0.29) is 23.5 Å². The molecule has 3 atom stereocenters. The summed E-state index contributed by atoms with van der Waals surface area (Å²) in [6.07, 6.45) is 1.67. The molecule has 0 unspecified atom stereocenters. The summed E-state index contributed by atoms with van der Waals surface area (Å²) in [5, 5.41) is 26.1. The minimum Gasteiger partial charge on any atom is -0.302 e. The van der Waals surface area contributed by atoms with Crippen molar-refractivity contribution in [2.24, 2.45) is 16.4 Å². The zero-order valence-corrected chi connectivity index (χ0v) is 20.3. The average Bonchev–Trinajstić information content (AvgIpc) is 3.17. The highest BCUT2D eigenvalue weighted by Crippen LogP contribution is 2.59. The van der Waals surface area contributed by atoms with E-state index in [1.54, 1.807) is 0 Å². The molecular weight excluding hydrogens is 444 g/mol. The first-order valence-corrected chi connectivity index (χ1v) is 12.3. The maximum absolute atomic E-state index is 14.5. The molecule has 0 aromatic heterocycles. The van der Waals surface area contributed by atoms with Gasteiger partial charge >= 0.3 is 0 Å². The number of allylic oxidation sites excluding steroid dienone is 2. The third-order valence-electron chi connectivity index (χ3n) is 8.17. The largest absolute Gasteiger partial charge is 0.302 e. The fourth-order valence-electron chi connectivity index (χ4n) is 6.59. The lowest BCUT2D eigenvalue weighted by molar-refractivity contribution is -0.122. The molecule has 0 bridgehead atoms. The molecule has 0 fully saturated rings. The number of anilines is 1. The van der Waals surface area contributed by atoms with Crippen molar-refractivity contribution in [3.8, 4) is 6.07 Å². The number of nitriles is 1. The van der Waals surface area contributed by atoms with Crippen LogP contribution in [0.25, 0.3) is 5.57 Å². The monoisotopic (exact) mass is 470 g/mol. The van der Waals surface area contributed by atoms with Crippen molar-refractivity contribution in [3.63, 3.8) is 0 Å². The molecule has 1 N–H and O–H groups in total. The molecule has 176 valence electrons. The summed E-state index contributed by atoms with van der Waals surface area (Å²) in [4.78, 5) is 14.5. The number of aryl methyl sites for hydroxylation is 2. The van der Waals surface area contributed by atoms with Crippen molar-refractivity contribution in [2.75, 3.05) is 5.01 Å². The van der Waals surface area contributed by atoms with Crippen LogP contribution in [0.4, 0.5) is 5.69 Å². The van der Waals surface area contributed by atoms with E-state index < -0.39 is 5.41 Å². The van der Waals surface area contributed by atoms with Gasteiger partial charge in [0, 0.05) is 5.92 Å². The molecule has 1 spiro atoms. The van der Waals surface area contributed by atoms with Crippen LogP contribution in [0, 0.1) is 35.0 Å². The first-order valence-electron chi connectivity index (χ1n) is 12.3. The molecule has 36 heavy (non-hydrogen) atoms. The number of benzene rings is 3. The third kappa shape index (κ3) is 2.85. The Morgan fingerprint density at radius 1 is 1.00 bits per heavy atom. The zero-order valence-electron chi connectivity index (χ0n) is 20.3. The summed E-state index contributed by atoms with van der Waals surface area (Å²) in [5.74, 6) is -0.679. The van der Waals surface area contributed by atoms with Gasteiger partial charge in [-0.25, -0.2) is 0 Å². The number of hydrogen-bond acceptors (Lipinski definition) is 4. The standard InChI is InChI=1S/C31H26N4O/c1-19-10-6-8-14-23(19)28-25-17-16-21-11-7-9-15-24(21)27(25)26(18-32)29(33)31(28)20(2)34-35(30(31)36)22-12-4-3-5-13-22/h3-15,25,28,33H,16-17H2,1-2H3/t25-,28+,31-/m1/s1. The Morgan fingerprint density at radius 3 is 2.44 bits per heavy atom. The maximum atomic E-state index is 14.5. The summed E-state index contributed by atoms with van der Waals surface area (Å²) in [6.45, 7) is 3.91. The summed E-state index contributed by atoms with van der Waals surface area (Å²) in [6, 6.07) is 28.0. The second-order valence-electron chi connectivity index (χ2n) is 9.86. The Hall–Kier alpha value is -4.30. The van der Waals surface area contributed by atoms with Crippen molar-refractivity contribution >= 4 is 28.6 Å². The van der Waals surface area contributed by atoms with E-state index in [4.69, 9.17) is 5.10 Å². The van der Waals surface area contributed by atoms with Gasteiger partial charge in [-0.15, -0.1) is 0 Å². The molecule has 3 aliphatic rings. The van der Waals surface area contributed by atoms with Crippen molar-refractivity contribution in [1.29, 1.82) is 10.7 Å². The highest BCUT2D eigenvalue weighted by molar-refractivity contribution is 6.38. The molecule has 1 amide bonds. The number of para-hydroxylation sites is 1. The quantitative estimate of drug-likeness (QED) is 0.494. The predicted molar refractivity (Wildman–Crippen MR) is 142 cm³/mol. The molecule has 1 heterocycles. The topological polar surface area (TPSA) is 80.3 Å². The van der Waals surface area contributed by atoms with Crippen LogP contribution < -0.4 is 5.01 Å². The molecule has 3 aromatic carbocycles. The first kappa shape index (κ1) is 22.2. The summed E-state index contributed by atoms with van der Waals surface area (Å²) in [7, 11) is 0. The van der Waals surface area contributed by atoms with Gasteiger partial charge in [-0.3, -0.25) is 4.79 Å². The Kier molecular flexibility index (Phi) is 5.01. The minimum absolute atomic E-state index is 0.0610. The van der Waals surface area contributed by atoms with E-state index in [1.807, 2.05) is 61.5 Å². The van der Waals surface area contributed by atoms with Gasteiger partial charge in [0.1, 0.15) is 11.5 Å². The molecule has 5 heteroatoms. The molecular formula is C31H26N4O. The van der Waals surface area contributed by atoms with E-state index in [9.17, 15) is 15.5 Å². The Morgan fingerprint density at radius 2 is 1.69 bits per heavy atom. The number of rotatable bonds is 2. The molecule has 0 saturated heterocycles. The first-order chi connectivity index (χ1) is 17.5. The molecule has 5 nitrogen and oxygen atoms in total. The molecule has 6 rings (SSSR count). The van der Waals surface area contributed by atoms with Gasteiger partial charge in [-0.1, -0.05) is 66.7 Å². The predicted octanol–water partition coefficient (Wildman–Crippen LogP) is 6.06. The molecule has 1 aliphatic heterocycles. The van der Waals surface area contributed by atoms with E-state index >= 15 is 0 Å². The second kappa shape index (κ2) is 8.13. The molecule has 3 aromatic rings. The Balaban J connectivity index is 1.66. The number of carbonyl (C=O) groups excluding carboxylic acids is 1. The molecule has 0 saturated carbocycles. The van der Waals surface area contributed by atoms with E-state index in [0.29, 0.717) is 17.0 Å². The van der Waals surface area contributed by atoms with Crippen LogP contribution in [0.15, 0.2) is 89.5 Å². The van der Waals surface area contributed by atoms with Crippen molar-refractivity contribution in [3.05, 3.63) is 107 Å². The van der Waals surface area contributed by atoms with E-state index in [2.05, 4.69) is 37.3 Å². The smallest absolute Gasteiger partial charge is 0.266 e.